The molecule has 2 unspecified atom stereocenters. The highest BCUT2D eigenvalue weighted by molar-refractivity contribution is 7.58. The van der Waals surface area contributed by atoms with Gasteiger partial charge < -0.3 is 15.0 Å². The Labute approximate surface area is 139 Å². The van der Waals surface area contributed by atoms with E-state index in [0.717, 1.165) is 5.56 Å². The van der Waals surface area contributed by atoms with Crippen LogP contribution in [0.25, 0.3) is 0 Å². The molecular formula is C17H28NO4P. The maximum Gasteiger partial charge on any atom is 0.309 e. The maximum atomic E-state index is 12.6. The van der Waals surface area contributed by atoms with Crippen molar-refractivity contribution in [1.29, 1.82) is 0 Å². The van der Waals surface area contributed by atoms with Gasteiger partial charge in [-0.25, -0.2) is 0 Å². The number of esters is 1. The Hall–Kier alpha value is -1.16. The first kappa shape index (κ1) is 19.9. The summed E-state index contributed by atoms with van der Waals surface area (Å²) < 4.78 is 23.3. The van der Waals surface area contributed by atoms with Gasteiger partial charge in [0.25, 0.3) is 0 Å². The zero-order valence-electron chi connectivity index (χ0n) is 14.2. The largest absolute Gasteiger partial charge is 0.461 e. The maximum absolute atomic E-state index is 12.6. The van der Waals surface area contributed by atoms with Gasteiger partial charge in [0.2, 0.25) is 7.37 Å². The minimum atomic E-state index is -2.99. The first-order chi connectivity index (χ1) is 10.9. The van der Waals surface area contributed by atoms with Gasteiger partial charge in [-0.2, -0.15) is 0 Å². The third-order valence-corrected chi connectivity index (χ3v) is 5.74. The third kappa shape index (κ3) is 7.30. The molecule has 2 N–H and O–H groups in total. The summed E-state index contributed by atoms with van der Waals surface area (Å²) >= 11 is 0. The quantitative estimate of drug-likeness (QED) is 0.519. The summed E-state index contributed by atoms with van der Waals surface area (Å²) in [6, 6.07) is 9.50. The van der Waals surface area contributed by atoms with E-state index in [2.05, 4.69) is 0 Å². The molecular weight excluding hydrogens is 313 g/mol. The smallest absolute Gasteiger partial charge is 0.309 e. The van der Waals surface area contributed by atoms with E-state index in [-0.39, 0.29) is 30.9 Å². The van der Waals surface area contributed by atoms with Gasteiger partial charge in [0.15, 0.2) is 0 Å². The van der Waals surface area contributed by atoms with Crippen molar-refractivity contribution in [2.45, 2.75) is 33.8 Å². The van der Waals surface area contributed by atoms with Crippen LogP contribution in [0.4, 0.5) is 0 Å². The number of benzene rings is 1. The zero-order valence-corrected chi connectivity index (χ0v) is 15.1. The highest BCUT2D eigenvalue weighted by Gasteiger charge is 2.31. The summed E-state index contributed by atoms with van der Waals surface area (Å²) in [4.78, 5) is 12.4. The normalized spacial score (nSPS) is 15.2. The van der Waals surface area contributed by atoms with Gasteiger partial charge in [-0.3, -0.25) is 9.36 Å². The summed E-state index contributed by atoms with van der Waals surface area (Å²) in [7, 11) is -2.99. The minimum absolute atomic E-state index is 0.0542. The molecule has 1 rings (SSSR count). The van der Waals surface area contributed by atoms with Crippen LogP contribution in [0.5, 0.6) is 0 Å². The molecule has 1 aromatic rings. The second-order valence-electron chi connectivity index (χ2n) is 6.02. The second kappa shape index (κ2) is 9.86. The van der Waals surface area contributed by atoms with Crippen molar-refractivity contribution in [3.63, 3.8) is 0 Å². The van der Waals surface area contributed by atoms with Gasteiger partial charge in [-0.05, 0) is 24.8 Å². The van der Waals surface area contributed by atoms with E-state index < -0.39 is 13.3 Å². The highest BCUT2D eigenvalue weighted by Crippen LogP contribution is 2.47. The SMILES string of the molecule is CCOP(=O)(CN)CC(CC(C)C)C(=O)OCc1ccccc1. The van der Waals surface area contributed by atoms with E-state index >= 15 is 0 Å². The van der Waals surface area contributed by atoms with Crippen LogP contribution in [0.3, 0.4) is 0 Å². The molecule has 0 saturated carbocycles. The third-order valence-electron chi connectivity index (χ3n) is 3.45. The Balaban J connectivity index is 2.72. The van der Waals surface area contributed by atoms with Crippen LogP contribution in [-0.2, 0) is 25.2 Å². The number of hydrogen-bond acceptors (Lipinski definition) is 5. The van der Waals surface area contributed by atoms with Gasteiger partial charge in [0, 0.05) is 6.16 Å². The standard InChI is InChI=1S/C17H28NO4P/c1-4-22-23(20,13-18)12-16(10-14(2)3)17(19)21-11-15-8-6-5-7-9-15/h5-9,14,16H,4,10-13,18H2,1-3H3. The van der Waals surface area contributed by atoms with Crippen molar-refractivity contribution >= 4 is 13.3 Å². The number of nitrogens with two attached hydrogens (primary N) is 1. The molecule has 0 aliphatic rings. The molecule has 130 valence electrons. The highest BCUT2D eigenvalue weighted by atomic mass is 31.2. The van der Waals surface area contributed by atoms with E-state index in [4.69, 9.17) is 15.0 Å². The summed E-state index contributed by atoms with van der Waals surface area (Å²) in [5, 5.41) is 0. The lowest BCUT2D eigenvalue weighted by Gasteiger charge is -2.23. The van der Waals surface area contributed by atoms with Gasteiger partial charge in [-0.1, -0.05) is 44.2 Å². The molecule has 0 aliphatic heterocycles. The fourth-order valence-corrected chi connectivity index (χ4v) is 4.21. The lowest BCUT2D eigenvalue weighted by molar-refractivity contribution is -0.149. The molecule has 0 amide bonds. The number of carbonyl (C=O) groups is 1. The topological polar surface area (TPSA) is 78.6 Å². The summed E-state index contributed by atoms with van der Waals surface area (Å²) in [6.07, 6.45) is 0.690. The second-order valence-corrected chi connectivity index (χ2v) is 8.63. The molecule has 2 atom stereocenters. The summed E-state index contributed by atoms with van der Waals surface area (Å²) in [6.45, 7) is 6.35. The molecule has 0 radical (unpaired) electrons. The molecule has 5 nitrogen and oxygen atoms in total. The Bertz CT molecular complexity index is 519. The van der Waals surface area contributed by atoms with Gasteiger partial charge in [0.05, 0.1) is 18.8 Å². The van der Waals surface area contributed by atoms with Crippen molar-refractivity contribution < 1.29 is 18.6 Å². The van der Waals surface area contributed by atoms with Crippen LogP contribution in [0, 0.1) is 11.8 Å². The molecule has 0 saturated heterocycles. The molecule has 0 bridgehead atoms. The molecule has 0 aromatic heterocycles. The Morgan fingerprint density at radius 1 is 1.26 bits per heavy atom. The van der Waals surface area contributed by atoms with Crippen molar-refractivity contribution in [1.82, 2.24) is 0 Å². The summed E-state index contributed by atoms with van der Waals surface area (Å²) in [5.74, 6) is -0.507. The Morgan fingerprint density at radius 3 is 2.43 bits per heavy atom. The van der Waals surface area contributed by atoms with Gasteiger partial charge in [0.1, 0.15) is 6.61 Å². The van der Waals surface area contributed by atoms with Crippen LogP contribution >= 0.6 is 7.37 Å². The molecule has 0 spiro atoms. The van der Waals surface area contributed by atoms with E-state index in [9.17, 15) is 9.36 Å². The molecule has 23 heavy (non-hydrogen) atoms. The van der Waals surface area contributed by atoms with Crippen molar-refractivity contribution in [3.8, 4) is 0 Å². The van der Waals surface area contributed by atoms with E-state index in [1.54, 1.807) is 6.92 Å². The molecule has 6 heteroatoms. The lowest BCUT2D eigenvalue weighted by Crippen LogP contribution is -2.25. The van der Waals surface area contributed by atoms with Crippen LogP contribution in [-0.4, -0.2) is 25.0 Å². The lowest BCUT2D eigenvalue weighted by atomic mass is 9.99. The molecule has 1 aromatic carbocycles. The predicted octanol–water partition coefficient (Wildman–Crippen LogP) is 3.62. The van der Waals surface area contributed by atoms with Crippen molar-refractivity contribution in [3.05, 3.63) is 35.9 Å². The predicted molar refractivity (Wildman–Crippen MR) is 92.3 cm³/mol. The monoisotopic (exact) mass is 341 g/mol. The Kier molecular flexibility index (Phi) is 8.53. The molecule has 0 heterocycles. The average molecular weight is 341 g/mol. The van der Waals surface area contributed by atoms with Crippen molar-refractivity contribution in [2.24, 2.45) is 17.6 Å². The van der Waals surface area contributed by atoms with Crippen LogP contribution in [0.15, 0.2) is 30.3 Å². The zero-order chi connectivity index (χ0) is 17.3. The van der Waals surface area contributed by atoms with Gasteiger partial charge in [-0.15, -0.1) is 0 Å². The number of carbonyl (C=O) groups excluding carboxylic acids is 1. The minimum Gasteiger partial charge on any atom is -0.461 e. The fraction of sp³-hybridized carbons (Fsp3) is 0.588. The van der Waals surface area contributed by atoms with E-state index in [1.165, 1.54) is 0 Å². The van der Waals surface area contributed by atoms with Crippen LogP contribution < -0.4 is 5.73 Å². The molecule has 0 aliphatic carbocycles. The van der Waals surface area contributed by atoms with E-state index in [0.29, 0.717) is 13.0 Å². The number of rotatable bonds is 10. The van der Waals surface area contributed by atoms with Crippen LogP contribution in [0.1, 0.15) is 32.8 Å². The average Bonchev–Trinajstić information content (AvgIpc) is 2.52. The first-order valence-corrected chi connectivity index (χ1v) is 10.0. The first-order valence-electron chi connectivity index (χ1n) is 8.03. The Morgan fingerprint density at radius 2 is 1.91 bits per heavy atom. The van der Waals surface area contributed by atoms with Gasteiger partial charge >= 0.3 is 5.97 Å². The summed E-state index contributed by atoms with van der Waals surface area (Å²) in [5.41, 5.74) is 6.52. The number of ether oxygens (including phenoxy) is 1. The van der Waals surface area contributed by atoms with Crippen LogP contribution in [0.2, 0.25) is 0 Å². The molecule has 0 fully saturated rings. The van der Waals surface area contributed by atoms with E-state index in [1.807, 2.05) is 44.2 Å². The fourth-order valence-electron chi connectivity index (χ4n) is 2.41. The number of hydrogen-bond donors (Lipinski definition) is 1. The van der Waals surface area contributed by atoms with Crippen molar-refractivity contribution in [2.75, 3.05) is 19.1 Å².